The van der Waals surface area contributed by atoms with E-state index < -0.39 is 17.2 Å². The summed E-state index contributed by atoms with van der Waals surface area (Å²) in [6.07, 6.45) is 1.32. The Morgan fingerprint density at radius 3 is 2.71 bits per heavy atom. The molecular formula is C14H15F2N3O2. The molecule has 0 radical (unpaired) electrons. The van der Waals surface area contributed by atoms with Gasteiger partial charge < -0.3 is 15.0 Å². The van der Waals surface area contributed by atoms with Gasteiger partial charge in [0.25, 0.3) is 0 Å². The number of hydrogen-bond acceptors (Lipinski definition) is 5. The molecule has 1 aliphatic heterocycles. The number of rotatable bonds is 3. The van der Waals surface area contributed by atoms with Crippen molar-refractivity contribution in [3.8, 4) is 0 Å². The molecule has 0 bridgehead atoms. The van der Waals surface area contributed by atoms with Crippen molar-refractivity contribution in [2.45, 2.75) is 24.8 Å². The van der Waals surface area contributed by atoms with Crippen LogP contribution in [0, 0.1) is 11.6 Å². The summed E-state index contributed by atoms with van der Waals surface area (Å²) in [6, 6.07) is 3.40. The molecule has 5 nitrogen and oxygen atoms in total. The highest BCUT2D eigenvalue weighted by molar-refractivity contribution is 5.22. The van der Waals surface area contributed by atoms with Gasteiger partial charge in [-0.15, -0.1) is 0 Å². The maximum atomic E-state index is 13.6. The first-order valence-electron chi connectivity index (χ1n) is 6.70. The molecule has 7 heteroatoms. The molecule has 1 fully saturated rings. The van der Waals surface area contributed by atoms with Crippen LogP contribution in [0.15, 0.2) is 22.7 Å². The van der Waals surface area contributed by atoms with Gasteiger partial charge in [0.15, 0.2) is 5.82 Å². The summed E-state index contributed by atoms with van der Waals surface area (Å²) in [4.78, 5) is 4.25. The SMILES string of the molecule is NC1(c2nc(Cc3ccc(F)cc3F)no2)CCOCC1. The molecule has 112 valence electrons. The summed E-state index contributed by atoms with van der Waals surface area (Å²) in [5.41, 5.74) is 5.85. The highest BCUT2D eigenvalue weighted by atomic mass is 19.1. The van der Waals surface area contributed by atoms with E-state index in [0.29, 0.717) is 43.3 Å². The summed E-state index contributed by atoms with van der Waals surface area (Å²) in [5, 5.41) is 3.83. The van der Waals surface area contributed by atoms with Crippen LogP contribution < -0.4 is 5.73 Å². The zero-order valence-electron chi connectivity index (χ0n) is 11.3. The van der Waals surface area contributed by atoms with Crippen LogP contribution in [0.25, 0.3) is 0 Å². The molecule has 2 aromatic rings. The second kappa shape index (κ2) is 5.50. The number of ether oxygens (including phenoxy) is 1. The lowest BCUT2D eigenvalue weighted by Crippen LogP contribution is -2.42. The van der Waals surface area contributed by atoms with E-state index in [-0.39, 0.29) is 6.42 Å². The molecule has 0 aliphatic carbocycles. The molecule has 21 heavy (non-hydrogen) atoms. The first kappa shape index (κ1) is 14.1. The van der Waals surface area contributed by atoms with E-state index in [9.17, 15) is 8.78 Å². The Bertz CT molecular complexity index is 639. The first-order chi connectivity index (χ1) is 10.1. The maximum Gasteiger partial charge on any atom is 0.246 e. The Morgan fingerprint density at radius 2 is 2.00 bits per heavy atom. The third-order valence-electron chi connectivity index (χ3n) is 3.64. The Morgan fingerprint density at radius 1 is 1.24 bits per heavy atom. The molecule has 1 saturated heterocycles. The van der Waals surface area contributed by atoms with Crippen LogP contribution in [0.3, 0.4) is 0 Å². The van der Waals surface area contributed by atoms with Crippen LogP contribution in [0.1, 0.15) is 30.1 Å². The summed E-state index contributed by atoms with van der Waals surface area (Å²) in [7, 11) is 0. The van der Waals surface area contributed by atoms with E-state index in [1.807, 2.05) is 0 Å². The van der Waals surface area contributed by atoms with Crippen molar-refractivity contribution >= 4 is 0 Å². The van der Waals surface area contributed by atoms with Crippen LogP contribution in [-0.2, 0) is 16.7 Å². The summed E-state index contributed by atoms with van der Waals surface area (Å²) >= 11 is 0. The first-order valence-corrected chi connectivity index (χ1v) is 6.70. The monoisotopic (exact) mass is 295 g/mol. The van der Waals surface area contributed by atoms with Crippen molar-refractivity contribution in [1.29, 1.82) is 0 Å². The molecule has 3 rings (SSSR count). The lowest BCUT2D eigenvalue weighted by molar-refractivity contribution is 0.0400. The molecule has 1 aromatic heterocycles. The van der Waals surface area contributed by atoms with Gasteiger partial charge >= 0.3 is 0 Å². The minimum absolute atomic E-state index is 0.127. The highest BCUT2D eigenvalue weighted by Crippen LogP contribution is 2.28. The molecule has 0 amide bonds. The number of benzene rings is 1. The van der Waals surface area contributed by atoms with Crippen LogP contribution >= 0.6 is 0 Å². The molecule has 1 aliphatic rings. The van der Waals surface area contributed by atoms with Gasteiger partial charge in [-0.25, -0.2) is 8.78 Å². The second-order valence-corrected chi connectivity index (χ2v) is 5.20. The van der Waals surface area contributed by atoms with Crippen LogP contribution in [0.4, 0.5) is 8.78 Å². The van der Waals surface area contributed by atoms with E-state index in [0.717, 1.165) is 6.07 Å². The number of nitrogens with zero attached hydrogens (tertiary/aromatic N) is 2. The predicted octanol–water partition coefficient (Wildman–Crippen LogP) is 1.90. The molecule has 0 unspecified atom stereocenters. The van der Waals surface area contributed by atoms with Crippen molar-refractivity contribution in [1.82, 2.24) is 10.1 Å². The minimum atomic E-state index is -0.690. The summed E-state index contributed by atoms with van der Waals surface area (Å²) in [6.45, 7) is 1.08. The summed E-state index contributed by atoms with van der Waals surface area (Å²) in [5.74, 6) is -0.585. The molecule has 2 heterocycles. The van der Waals surface area contributed by atoms with E-state index in [2.05, 4.69) is 10.1 Å². The van der Waals surface area contributed by atoms with Crippen LogP contribution in [0.2, 0.25) is 0 Å². The van der Waals surface area contributed by atoms with Crippen LogP contribution in [-0.4, -0.2) is 23.4 Å². The number of halogens is 2. The topological polar surface area (TPSA) is 74.2 Å². The van der Waals surface area contributed by atoms with Gasteiger partial charge in [-0.05, 0) is 24.5 Å². The van der Waals surface area contributed by atoms with Crippen molar-refractivity contribution in [3.63, 3.8) is 0 Å². The van der Waals surface area contributed by atoms with Gasteiger partial charge in [-0.3, -0.25) is 0 Å². The lowest BCUT2D eigenvalue weighted by Gasteiger charge is -2.29. The molecular weight excluding hydrogens is 280 g/mol. The Balaban J connectivity index is 1.78. The molecule has 2 N–H and O–H groups in total. The maximum absolute atomic E-state index is 13.6. The smallest absolute Gasteiger partial charge is 0.246 e. The van der Waals surface area contributed by atoms with Crippen molar-refractivity contribution in [3.05, 3.63) is 47.1 Å². The molecule has 0 atom stereocenters. The van der Waals surface area contributed by atoms with Gasteiger partial charge in [0, 0.05) is 25.7 Å². The third kappa shape index (κ3) is 2.93. The quantitative estimate of drug-likeness (QED) is 0.936. The van der Waals surface area contributed by atoms with Gasteiger partial charge in [-0.2, -0.15) is 4.98 Å². The van der Waals surface area contributed by atoms with E-state index in [1.54, 1.807) is 0 Å². The zero-order chi connectivity index (χ0) is 14.9. The largest absolute Gasteiger partial charge is 0.381 e. The lowest BCUT2D eigenvalue weighted by atomic mass is 9.91. The zero-order valence-corrected chi connectivity index (χ0v) is 11.3. The predicted molar refractivity (Wildman–Crippen MR) is 69.4 cm³/mol. The fourth-order valence-corrected chi connectivity index (χ4v) is 2.31. The minimum Gasteiger partial charge on any atom is -0.381 e. The normalized spacial score (nSPS) is 17.9. The summed E-state index contributed by atoms with van der Waals surface area (Å²) < 4.78 is 36.9. The molecule has 1 aromatic carbocycles. The van der Waals surface area contributed by atoms with E-state index in [4.69, 9.17) is 15.0 Å². The van der Waals surface area contributed by atoms with Gasteiger partial charge in [0.1, 0.15) is 17.2 Å². The Kier molecular flexibility index (Phi) is 3.69. The highest BCUT2D eigenvalue weighted by Gasteiger charge is 2.35. The van der Waals surface area contributed by atoms with Crippen LogP contribution in [0.5, 0.6) is 0 Å². The van der Waals surface area contributed by atoms with Gasteiger partial charge in [0.05, 0.1) is 0 Å². The Labute approximate surface area is 120 Å². The van der Waals surface area contributed by atoms with Crippen molar-refractivity contribution in [2.75, 3.05) is 13.2 Å². The average molecular weight is 295 g/mol. The molecule has 0 spiro atoms. The second-order valence-electron chi connectivity index (χ2n) is 5.20. The van der Waals surface area contributed by atoms with Gasteiger partial charge in [0.2, 0.25) is 5.89 Å². The number of hydrogen-bond donors (Lipinski definition) is 1. The Hall–Kier alpha value is -1.86. The standard InChI is InChI=1S/C14H15F2N3O2/c15-10-2-1-9(11(16)8-10)7-12-18-13(21-19-12)14(17)3-5-20-6-4-14/h1-2,8H,3-7,17H2. The number of aromatic nitrogens is 2. The van der Waals surface area contributed by atoms with Crippen molar-refractivity contribution in [2.24, 2.45) is 5.73 Å². The third-order valence-corrected chi connectivity index (χ3v) is 3.64. The fraction of sp³-hybridized carbons (Fsp3) is 0.429. The number of nitrogens with two attached hydrogens (primary N) is 1. The van der Waals surface area contributed by atoms with E-state index in [1.165, 1.54) is 12.1 Å². The van der Waals surface area contributed by atoms with E-state index >= 15 is 0 Å². The molecule has 0 saturated carbocycles. The van der Waals surface area contributed by atoms with Crippen molar-refractivity contribution < 1.29 is 18.0 Å². The van der Waals surface area contributed by atoms with Gasteiger partial charge in [-0.1, -0.05) is 11.2 Å². The fourth-order valence-electron chi connectivity index (χ4n) is 2.31. The average Bonchev–Trinajstić information content (AvgIpc) is 2.92.